The summed E-state index contributed by atoms with van der Waals surface area (Å²) < 4.78 is 27.6. The van der Waals surface area contributed by atoms with Crippen molar-refractivity contribution in [1.82, 2.24) is 20.0 Å². The fourth-order valence-corrected chi connectivity index (χ4v) is 4.15. The number of hydrogen-bond donors (Lipinski definition) is 1. The van der Waals surface area contributed by atoms with Crippen LogP contribution in [0.3, 0.4) is 0 Å². The summed E-state index contributed by atoms with van der Waals surface area (Å²) in [5, 5.41) is 6.83. The zero-order chi connectivity index (χ0) is 19.0. The Kier molecular flexibility index (Phi) is 5.11. The van der Waals surface area contributed by atoms with Gasteiger partial charge in [0.25, 0.3) is 12.3 Å². The zero-order valence-corrected chi connectivity index (χ0v) is 15.2. The van der Waals surface area contributed by atoms with Crippen LogP contribution in [0, 0.1) is 0 Å². The van der Waals surface area contributed by atoms with Gasteiger partial charge in [-0.2, -0.15) is 5.10 Å². The first-order valence-electron chi connectivity index (χ1n) is 8.95. The summed E-state index contributed by atoms with van der Waals surface area (Å²) in [6, 6.07) is -0.326. The van der Waals surface area contributed by atoms with Gasteiger partial charge in [0.1, 0.15) is 5.69 Å². The molecule has 0 aromatic carbocycles. The molecule has 6 nitrogen and oxygen atoms in total. The van der Waals surface area contributed by atoms with E-state index in [0.717, 1.165) is 23.9 Å². The molecular formula is C18H24F2N4O2. The number of carbonyl (C=O) groups excluding carboxylic acids is 2. The van der Waals surface area contributed by atoms with Gasteiger partial charge in [-0.3, -0.25) is 14.3 Å². The lowest BCUT2D eigenvalue weighted by Crippen LogP contribution is -2.45. The van der Waals surface area contributed by atoms with Crippen molar-refractivity contribution in [3.8, 4) is 0 Å². The molecule has 2 bridgehead atoms. The van der Waals surface area contributed by atoms with Crippen molar-refractivity contribution in [3.05, 3.63) is 29.1 Å². The highest BCUT2D eigenvalue weighted by atomic mass is 19.3. The topological polar surface area (TPSA) is 67.2 Å². The van der Waals surface area contributed by atoms with Gasteiger partial charge in [-0.1, -0.05) is 13.0 Å². The molecule has 2 fully saturated rings. The molecule has 1 N–H and O–H groups in total. The van der Waals surface area contributed by atoms with Crippen LogP contribution in [-0.2, 0) is 11.8 Å². The molecule has 2 aliphatic rings. The van der Waals surface area contributed by atoms with Crippen molar-refractivity contribution in [2.75, 3.05) is 0 Å². The Morgan fingerprint density at radius 2 is 2.15 bits per heavy atom. The van der Waals surface area contributed by atoms with Crippen molar-refractivity contribution in [3.63, 3.8) is 0 Å². The maximum absolute atomic E-state index is 13.3. The third-order valence-electron chi connectivity index (χ3n) is 5.38. The molecule has 0 saturated carbocycles. The number of fused-ring (bicyclic) bond motifs is 2. The summed E-state index contributed by atoms with van der Waals surface area (Å²) >= 11 is 0. The molecule has 2 amide bonds. The first kappa shape index (κ1) is 18.5. The Labute approximate surface area is 151 Å². The highest BCUT2D eigenvalue weighted by Crippen LogP contribution is 2.39. The lowest BCUT2D eigenvalue weighted by Gasteiger charge is -2.25. The van der Waals surface area contributed by atoms with Gasteiger partial charge in [-0.15, -0.1) is 0 Å². The molecule has 2 aliphatic heterocycles. The van der Waals surface area contributed by atoms with Gasteiger partial charge in [0, 0.05) is 18.7 Å². The Balaban J connectivity index is 1.78. The molecule has 3 atom stereocenters. The number of aryl methyl sites for hydroxylation is 1. The second kappa shape index (κ2) is 7.17. The van der Waals surface area contributed by atoms with Gasteiger partial charge in [-0.25, -0.2) is 8.78 Å². The summed E-state index contributed by atoms with van der Waals surface area (Å²) in [4.78, 5) is 26.9. The van der Waals surface area contributed by atoms with Crippen molar-refractivity contribution in [2.24, 2.45) is 7.05 Å². The predicted molar refractivity (Wildman–Crippen MR) is 91.7 cm³/mol. The van der Waals surface area contributed by atoms with E-state index in [0.29, 0.717) is 12.0 Å². The van der Waals surface area contributed by atoms with E-state index in [1.807, 2.05) is 13.0 Å². The van der Waals surface area contributed by atoms with Gasteiger partial charge in [0.15, 0.2) is 0 Å². The normalized spacial score (nSPS) is 25.2. The van der Waals surface area contributed by atoms with Gasteiger partial charge in [0.2, 0.25) is 5.91 Å². The van der Waals surface area contributed by atoms with Crippen molar-refractivity contribution in [1.29, 1.82) is 0 Å². The fourth-order valence-electron chi connectivity index (χ4n) is 4.15. The molecule has 142 valence electrons. The monoisotopic (exact) mass is 366 g/mol. The SMILES string of the molecule is CC/C=C(\C)C(=O)N[C@@H]1C[C@@H]2CC[C@H]1N2C(=O)c1cnn(C)c1C(F)F. The van der Waals surface area contributed by atoms with E-state index in [9.17, 15) is 18.4 Å². The number of aromatic nitrogens is 2. The van der Waals surface area contributed by atoms with Crippen LogP contribution < -0.4 is 5.32 Å². The van der Waals surface area contributed by atoms with Crippen molar-refractivity contribution in [2.45, 2.75) is 64.1 Å². The molecule has 2 saturated heterocycles. The number of allylic oxidation sites excluding steroid dienone is 1. The van der Waals surface area contributed by atoms with E-state index in [1.165, 1.54) is 13.2 Å². The minimum atomic E-state index is -2.76. The molecule has 3 heterocycles. The number of carbonyl (C=O) groups is 2. The minimum Gasteiger partial charge on any atom is -0.347 e. The van der Waals surface area contributed by atoms with Crippen LogP contribution in [0.1, 0.15) is 62.0 Å². The standard InChI is InChI=1S/C18H24F2N4O2/c1-4-5-10(2)17(25)22-13-8-11-6-7-14(13)24(11)18(26)12-9-21-23(3)15(12)16(19)20/h5,9,11,13-14,16H,4,6-8H2,1-3H3,(H,22,25)/b10-5+/t11-,13+,14+/m0/s1. The van der Waals surface area contributed by atoms with Gasteiger partial charge in [-0.05, 0) is 32.6 Å². The maximum atomic E-state index is 13.3. The summed E-state index contributed by atoms with van der Waals surface area (Å²) in [7, 11) is 1.41. The number of nitrogens with zero attached hydrogens (tertiary/aromatic N) is 3. The third kappa shape index (κ3) is 3.12. The summed E-state index contributed by atoms with van der Waals surface area (Å²) in [6.07, 6.45) is 3.33. The van der Waals surface area contributed by atoms with E-state index in [4.69, 9.17) is 0 Å². The molecule has 1 aromatic heterocycles. The second-order valence-electron chi connectivity index (χ2n) is 6.99. The van der Waals surface area contributed by atoms with Crippen LogP contribution in [0.2, 0.25) is 0 Å². The van der Waals surface area contributed by atoms with Gasteiger partial charge >= 0.3 is 0 Å². The maximum Gasteiger partial charge on any atom is 0.280 e. The molecule has 0 radical (unpaired) electrons. The third-order valence-corrected chi connectivity index (χ3v) is 5.38. The highest BCUT2D eigenvalue weighted by Gasteiger charge is 2.49. The van der Waals surface area contributed by atoms with Crippen LogP contribution in [0.5, 0.6) is 0 Å². The van der Waals surface area contributed by atoms with Crippen LogP contribution in [0.25, 0.3) is 0 Å². The first-order chi connectivity index (χ1) is 12.3. The molecule has 0 unspecified atom stereocenters. The van der Waals surface area contributed by atoms with E-state index in [2.05, 4.69) is 10.4 Å². The average molecular weight is 366 g/mol. The number of hydrogen-bond acceptors (Lipinski definition) is 3. The van der Waals surface area contributed by atoms with Crippen LogP contribution in [-0.4, -0.2) is 44.6 Å². The summed E-state index contributed by atoms with van der Waals surface area (Å²) in [5.74, 6) is -0.551. The second-order valence-corrected chi connectivity index (χ2v) is 6.99. The number of alkyl halides is 2. The van der Waals surface area contributed by atoms with Crippen LogP contribution >= 0.6 is 0 Å². The Morgan fingerprint density at radius 3 is 2.81 bits per heavy atom. The number of rotatable bonds is 5. The Morgan fingerprint density at radius 1 is 1.42 bits per heavy atom. The Hall–Kier alpha value is -2.25. The molecule has 0 aliphatic carbocycles. The van der Waals surface area contributed by atoms with Crippen molar-refractivity contribution >= 4 is 11.8 Å². The Bertz CT molecular complexity index is 744. The highest BCUT2D eigenvalue weighted by molar-refractivity contribution is 5.96. The first-order valence-corrected chi connectivity index (χ1v) is 8.95. The van der Waals surface area contributed by atoms with E-state index in [1.54, 1.807) is 11.8 Å². The number of halogens is 2. The molecule has 26 heavy (non-hydrogen) atoms. The lowest BCUT2D eigenvalue weighted by atomic mass is 9.95. The quantitative estimate of drug-likeness (QED) is 0.815. The number of nitrogens with one attached hydrogen (secondary N) is 1. The minimum absolute atomic E-state index is 0.0287. The predicted octanol–water partition coefficient (Wildman–Crippen LogP) is 2.58. The van der Waals surface area contributed by atoms with Gasteiger partial charge < -0.3 is 10.2 Å². The molecule has 8 heteroatoms. The largest absolute Gasteiger partial charge is 0.347 e. The smallest absolute Gasteiger partial charge is 0.280 e. The molecule has 0 spiro atoms. The van der Waals surface area contributed by atoms with E-state index < -0.39 is 12.3 Å². The van der Waals surface area contributed by atoms with Crippen LogP contribution in [0.4, 0.5) is 8.78 Å². The molecule has 3 rings (SSSR count). The molecular weight excluding hydrogens is 342 g/mol. The number of amides is 2. The summed E-state index contributed by atoms with van der Waals surface area (Å²) in [6.45, 7) is 3.72. The van der Waals surface area contributed by atoms with Crippen LogP contribution in [0.15, 0.2) is 17.8 Å². The average Bonchev–Trinajstić information content (AvgIpc) is 3.26. The zero-order valence-electron chi connectivity index (χ0n) is 15.2. The van der Waals surface area contributed by atoms with Gasteiger partial charge in [0.05, 0.1) is 23.8 Å². The van der Waals surface area contributed by atoms with Crippen molar-refractivity contribution < 1.29 is 18.4 Å². The fraction of sp³-hybridized carbons (Fsp3) is 0.611. The van der Waals surface area contributed by atoms with E-state index >= 15 is 0 Å². The molecule has 1 aromatic rings. The summed E-state index contributed by atoms with van der Waals surface area (Å²) in [5.41, 5.74) is 0.248. The van der Waals surface area contributed by atoms with E-state index in [-0.39, 0.29) is 35.3 Å². The lowest BCUT2D eigenvalue weighted by molar-refractivity contribution is -0.118.